The zero-order valence-electron chi connectivity index (χ0n) is 22.2. The smallest absolute Gasteiger partial charge is 0.175 e. The van der Waals surface area contributed by atoms with Gasteiger partial charge >= 0.3 is 0 Å². The molecular formula is C30H48O3S. The third kappa shape index (κ3) is 2.63. The molecule has 2 spiro atoms. The Labute approximate surface area is 211 Å². The maximum atomic E-state index is 11.6. The van der Waals surface area contributed by atoms with Gasteiger partial charge in [0.05, 0.1) is 19.3 Å². The number of ether oxygens (including phenoxy) is 2. The number of aliphatic hydroxyl groups is 1. The van der Waals surface area contributed by atoms with Gasteiger partial charge in [-0.2, -0.15) is 11.8 Å². The number of hydrogen-bond donors (Lipinski definition) is 1. The number of fused-ring (bicyclic) bond motifs is 4. The van der Waals surface area contributed by atoms with Crippen molar-refractivity contribution in [2.24, 2.45) is 63.6 Å². The van der Waals surface area contributed by atoms with Crippen LogP contribution in [-0.4, -0.2) is 41.2 Å². The highest BCUT2D eigenvalue weighted by Crippen LogP contribution is 2.85. The first-order valence-corrected chi connectivity index (χ1v) is 15.8. The Kier molecular flexibility index (Phi) is 5.09. The molecule has 13 atom stereocenters. The number of aliphatic hydroxyl groups excluding tert-OH is 1. The van der Waals surface area contributed by atoms with E-state index in [1.54, 1.807) is 0 Å². The van der Waals surface area contributed by atoms with Crippen molar-refractivity contribution in [3.05, 3.63) is 0 Å². The molecule has 0 aromatic heterocycles. The SMILES string of the molecule is CC1CSC(C(O)[C@@H](C)[C@H]2CC[C@H]3[C@@H]4CC5(OCCO5)[C@]56C[C@H]5CC[C@]6(C)[C@H]4CC[C@]23C)[C@H]1C. The number of hydrogen-bond acceptors (Lipinski definition) is 4. The Morgan fingerprint density at radius 3 is 2.38 bits per heavy atom. The topological polar surface area (TPSA) is 38.7 Å². The number of rotatable bonds is 3. The van der Waals surface area contributed by atoms with Crippen LogP contribution in [0.2, 0.25) is 0 Å². The van der Waals surface area contributed by atoms with Crippen LogP contribution in [0.1, 0.15) is 86.0 Å². The molecule has 2 aliphatic heterocycles. The van der Waals surface area contributed by atoms with Gasteiger partial charge in [0.1, 0.15) is 0 Å². The van der Waals surface area contributed by atoms with Gasteiger partial charge in [-0.15, -0.1) is 0 Å². The molecular weight excluding hydrogens is 440 g/mol. The molecule has 0 amide bonds. The molecule has 3 nitrogen and oxygen atoms in total. The van der Waals surface area contributed by atoms with Crippen LogP contribution in [0, 0.1) is 63.6 Å². The first kappa shape index (κ1) is 23.4. The van der Waals surface area contributed by atoms with E-state index in [2.05, 4.69) is 34.6 Å². The standard InChI is InChI=1S/C30H48O3S/c1-17-16-34-26(18(17)2)25(31)19(3)22-6-7-23-21-15-30(32-12-13-33-30)29-14-20(29)8-11-28(29,5)24(21)9-10-27(22,23)4/h17-26,31H,6-16H2,1-5H3/t17?,18-,19-,20+,21-,22+,23-,24-,25?,26?,27+,28+,29+/m0/s1. The van der Waals surface area contributed by atoms with E-state index in [4.69, 9.17) is 9.47 Å². The van der Waals surface area contributed by atoms with E-state index in [1.165, 1.54) is 50.7 Å². The van der Waals surface area contributed by atoms with Crippen molar-refractivity contribution >= 4 is 11.8 Å². The zero-order chi connectivity index (χ0) is 23.7. The van der Waals surface area contributed by atoms with Gasteiger partial charge in [0.25, 0.3) is 0 Å². The summed E-state index contributed by atoms with van der Waals surface area (Å²) >= 11 is 2.04. The summed E-state index contributed by atoms with van der Waals surface area (Å²) in [5, 5.41) is 12.0. The second-order valence-corrected chi connectivity index (χ2v) is 15.8. The Morgan fingerprint density at radius 2 is 1.71 bits per heavy atom. The predicted molar refractivity (Wildman–Crippen MR) is 137 cm³/mol. The van der Waals surface area contributed by atoms with Gasteiger partial charge in [0.15, 0.2) is 5.79 Å². The third-order valence-electron chi connectivity index (χ3n) is 13.9. The molecule has 7 aliphatic rings. The molecule has 0 bridgehead atoms. The predicted octanol–water partition coefficient (Wildman–Crippen LogP) is 6.38. The molecule has 34 heavy (non-hydrogen) atoms. The van der Waals surface area contributed by atoms with Crippen LogP contribution in [0.25, 0.3) is 0 Å². The van der Waals surface area contributed by atoms with E-state index >= 15 is 0 Å². The van der Waals surface area contributed by atoms with Gasteiger partial charge in [-0.25, -0.2) is 0 Å². The fraction of sp³-hybridized carbons (Fsp3) is 1.00. The van der Waals surface area contributed by atoms with E-state index in [0.29, 0.717) is 39.2 Å². The summed E-state index contributed by atoms with van der Waals surface area (Å²) in [4.78, 5) is 0. The van der Waals surface area contributed by atoms with Gasteiger partial charge < -0.3 is 14.6 Å². The Morgan fingerprint density at radius 1 is 0.941 bits per heavy atom. The maximum Gasteiger partial charge on any atom is 0.175 e. The van der Waals surface area contributed by atoms with E-state index in [1.807, 2.05) is 11.8 Å². The van der Waals surface area contributed by atoms with Gasteiger partial charge in [0.2, 0.25) is 0 Å². The van der Waals surface area contributed by atoms with Crippen LogP contribution >= 0.6 is 11.8 Å². The highest BCUT2D eigenvalue weighted by molar-refractivity contribution is 8.00. The van der Waals surface area contributed by atoms with E-state index in [-0.39, 0.29) is 11.9 Å². The summed E-state index contributed by atoms with van der Waals surface area (Å²) in [6, 6.07) is 0. The maximum absolute atomic E-state index is 11.6. The highest BCUT2D eigenvalue weighted by Gasteiger charge is 2.83. The first-order valence-electron chi connectivity index (χ1n) is 14.8. The highest BCUT2D eigenvalue weighted by atomic mass is 32.2. The van der Waals surface area contributed by atoms with Crippen LogP contribution in [0.4, 0.5) is 0 Å². The lowest BCUT2D eigenvalue weighted by molar-refractivity contribution is -0.294. The number of thioether (sulfide) groups is 1. The van der Waals surface area contributed by atoms with Gasteiger partial charge in [-0.05, 0) is 109 Å². The van der Waals surface area contributed by atoms with Crippen molar-refractivity contribution in [3.8, 4) is 0 Å². The minimum absolute atomic E-state index is 0.162. The molecule has 4 heteroatoms. The molecule has 5 saturated carbocycles. The normalized spacial score (nSPS) is 58.8. The molecule has 0 radical (unpaired) electrons. The Balaban J connectivity index is 1.18. The van der Waals surface area contributed by atoms with Crippen LogP contribution in [0.5, 0.6) is 0 Å². The summed E-state index contributed by atoms with van der Waals surface area (Å²) < 4.78 is 13.3. The van der Waals surface area contributed by atoms with Crippen LogP contribution in [0.3, 0.4) is 0 Å². The van der Waals surface area contributed by atoms with E-state index < -0.39 is 0 Å². The summed E-state index contributed by atoms with van der Waals surface area (Å²) in [5.41, 5.74) is 1.09. The first-order chi connectivity index (χ1) is 16.2. The van der Waals surface area contributed by atoms with Crippen molar-refractivity contribution in [3.63, 3.8) is 0 Å². The summed E-state index contributed by atoms with van der Waals surface area (Å²) in [5.74, 6) is 6.56. The zero-order valence-corrected chi connectivity index (χ0v) is 23.0. The van der Waals surface area contributed by atoms with Gasteiger partial charge in [-0.3, -0.25) is 0 Å². The van der Waals surface area contributed by atoms with Crippen molar-refractivity contribution in [1.29, 1.82) is 0 Å². The van der Waals surface area contributed by atoms with E-state index in [0.717, 1.165) is 49.2 Å². The molecule has 1 N–H and O–H groups in total. The average Bonchev–Trinajstić information content (AvgIpc) is 3.12. The second kappa shape index (κ2) is 7.41. The third-order valence-corrected chi connectivity index (χ3v) is 15.7. The van der Waals surface area contributed by atoms with Crippen molar-refractivity contribution in [2.45, 2.75) is 103 Å². The molecule has 0 aromatic rings. The average molecular weight is 489 g/mol. The molecule has 192 valence electrons. The van der Waals surface area contributed by atoms with Crippen molar-refractivity contribution in [1.82, 2.24) is 0 Å². The van der Waals surface area contributed by atoms with Crippen LogP contribution < -0.4 is 0 Å². The molecule has 3 unspecified atom stereocenters. The molecule has 2 heterocycles. The molecule has 2 saturated heterocycles. The minimum Gasteiger partial charge on any atom is -0.392 e. The summed E-state index contributed by atoms with van der Waals surface area (Å²) in [6.45, 7) is 14.0. The molecule has 0 aromatic carbocycles. The summed E-state index contributed by atoms with van der Waals surface area (Å²) in [6.07, 6.45) is 10.6. The lowest BCUT2D eigenvalue weighted by atomic mass is 9.44. The molecule has 7 fully saturated rings. The van der Waals surface area contributed by atoms with Gasteiger partial charge in [0, 0.05) is 17.1 Å². The van der Waals surface area contributed by atoms with Crippen LogP contribution in [-0.2, 0) is 9.47 Å². The summed E-state index contributed by atoms with van der Waals surface area (Å²) in [7, 11) is 0. The van der Waals surface area contributed by atoms with Crippen molar-refractivity contribution < 1.29 is 14.6 Å². The van der Waals surface area contributed by atoms with Crippen LogP contribution in [0.15, 0.2) is 0 Å². The Hall–Kier alpha value is 0.230. The fourth-order valence-electron chi connectivity index (χ4n) is 11.9. The largest absolute Gasteiger partial charge is 0.392 e. The molecule has 7 rings (SSSR count). The Bertz CT molecular complexity index is 841. The monoisotopic (exact) mass is 488 g/mol. The lowest BCUT2D eigenvalue weighted by Crippen LogP contribution is -2.62. The fourth-order valence-corrected chi connectivity index (χ4v) is 13.8. The van der Waals surface area contributed by atoms with Gasteiger partial charge in [-0.1, -0.05) is 34.6 Å². The van der Waals surface area contributed by atoms with Crippen molar-refractivity contribution in [2.75, 3.05) is 19.0 Å². The quantitative estimate of drug-likeness (QED) is 0.500. The minimum atomic E-state index is -0.280. The molecule has 5 aliphatic carbocycles. The van der Waals surface area contributed by atoms with E-state index in [9.17, 15) is 5.11 Å². The second-order valence-electron chi connectivity index (χ2n) is 14.6. The lowest BCUT2D eigenvalue weighted by Gasteiger charge is -2.63.